The van der Waals surface area contributed by atoms with Crippen molar-refractivity contribution in [3.8, 4) is 5.75 Å². The largest absolute Gasteiger partial charge is 0.487 e. The highest BCUT2D eigenvalue weighted by atomic mass is 32.1. The lowest BCUT2D eigenvalue weighted by Gasteiger charge is -2.38. The summed E-state index contributed by atoms with van der Waals surface area (Å²) in [6.45, 7) is 3.98. The number of para-hydroxylation sites is 2. The maximum Gasteiger partial charge on any atom is 0.171 e. The average Bonchev–Trinajstić information content (AvgIpc) is 2.50. The molecule has 24 heavy (non-hydrogen) atoms. The molecule has 2 N–H and O–H groups in total. The van der Waals surface area contributed by atoms with Crippen LogP contribution in [0.3, 0.4) is 0 Å². The van der Waals surface area contributed by atoms with E-state index in [1.807, 2.05) is 38.1 Å². The van der Waals surface area contributed by atoms with Gasteiger partial charge in [-0.15, -0.1) is 0 Å². The van der Waals surface area contributed by atoms with Crippen LogP contribution in [0.15, 0.2) is 42.5 Å². The van der Waals surface area contributed by atoms with Crippen LogP contribution in [0.25, 0.3) is 0 Å². The van der Waals surface area contributed by atoms with Gasteiger partial charge in [-0.3, -0.25) is 0 Å². The molecule has 2 aromatic carbocycles. The Balaban J connectivity index is 1.79. The zero-order valence-electron chi connectivity index (χ0n) is 13.4. The molecule has 3 nitrogen and oxygen atoms in total. The number of benzene rings is 2. The molecule has 3 rings (SSSR count). The van der Waals surface area contributed by atoms with Crippen molar-refractivity contribution in [1.82, 2.24) is 5.32 Å². The Kier molecular flexibility index (Phi) is 4.41. The van der Waals surface area contributed by atoms with Gasteiger partial charge in [-0.25, -0.2) is 8.78 Å². The smallest absolute Gasteiger partial charge is 0.171 e. The van der Waals surface area contributed by atoms with Crippen molar-refractivity contribution in [2.45, 2.75) is 31.9 Å². The summed E-state index contributed by atoms with van der Waals surface area (Å²) < 4.78 is 33.4. The number of thiocarbonyl (C=S) groups is 1. The van der Waals surface area contributed by atoms with Crippen molar-refractivity contribution in [3.63, 3.8) is 0 Å². The number of nitrogens with one attached hydrogen (secondary N) is 2. The summed E-state index contributed by atoms with van der Waals surface area (Å²) in [6.07, 6.45) is 0.672. The van der Waals surface area contributed by atoms with Crippen molar-refractivity contribution in [1.29, 1.82) is 0 Å². The van der Waals surface area contributed by atoms with Crippen molar-refractivity contribution in [2.75, 3.05) is 5.32 Å². The van der Waals surface area contributed by atoms with E-state index in [0.717, 1.165) is 11.3 Å². The van der Waals surface area contributed by atoms with Gasteiger partial charge in [0.25, 0.3) is 0 Å². The molecule has 6 heteroatoms. The third-order valence-electron chi connectivity index (χ3n) is 3.88. The van der Waals surface area contributed by atoms with Crippen LogP contribution >= 0.6 is 12.2 Å². The lowest BCUT2D eigenvalue weighted by Crippen LogP contribution is -2.42. The molecule has 0 spiro atoms. The van der Waals surface area contributed by atoms with Gasteiger partial charge in [0.2, 0.25) is 0 Å². The maximum atomic E-state index is 13.7. The van der Waals surface area contributed by atoms with E-state index in [9.17, 15) is 8.78 Å². The first-order valence-electron chi connectivity index (χ1n) is 7.65. The van der Waals surface area contributed by atoms with Gasteiger partial charge in [0.1, 0.15) is 28.7 Å². The molecule has 1 atom stereocenters. The number of rotatable bonds is 2. The Hall–Kier alpha value is -2.21. The van der Waals surface area contributed by atoms with Crippen LogP contribution in [0, 0.1) is 11.6 Å². The van der Waals surface area contributed by atoms with Crippen LogP contribution < -0.4 is 15.4 Å². The molecule has 0 fully saturated rings. The number of fused-ring (bicyclic) bond motifs is 1. The summed E-state index contributed by atoms with van der Waals surface area (Å²) in [5.74, 6) is -0.593. The average molecular weight is 348 g/mol. The van der Waals surface area contributed by atoms with Gasteiger partial charge in [0.05, 0.1) is 6.04 Å². The molecule has 0 saturated heterocycles. The fourth-order valence-electron chi connectivity index (χ4n) is 2.86. The van der Waals surface area contributed by atoms with Crippen LogP contribution in [-0.2, 0) is 0 Å². The van der Waals surface area contributed by atoms with E-state index in [1.165, 1.54) is 18.2 Å². The highest BCUT2D eigenvalue weighted by Crippen LogP contribution is 2.39. The molecular formula is C18H18F2N2OS. The molecule has 1 aliphatic heterocycles. The predicted molar refractivity (Wildman–Crippen MR) is 94.2 cm³/mol. The molecule has 0 unspecified atom stereocenters. The second kappa shape index (κ2) is 6.36. The van der Waals surface area contributed by atoms with Gasteiger partial charge in [-0.05, 0) is 44.3 Å². The van der Waals surface area contributed by atoms with Crippen molar-refractivity contribution in [3.05, 3.63) is 59.7 Å². The third kappa shape index (κ3) is 3.48. The van der Waals surface area contributed by atoms with Gasteiger partial charge in [-0.2, -0.15) is 0 Å². The van der Waals surface area contributed by atoms with Crippen LogP contribution in [0.5, 0.6) is 5.75 Å². The minimum Gasteiger partial charge on any atom is -0.487 e. The molecular weight excluding hydrogens is 330 g/mol. The third-order valence-corrected chi connectivity index (χ3v) is 4.10. The summed E-state index contributed by atoms with van der Waals surface area (Å²) in [5, 5.41) is 5.92. The molecule has 1 heterocycles. The van der Waals surface area contributed by atoms with Gasteiger partial charge in [-0.1, -0.05) is 24.3 Å². The summed E-state index contributed by atoms with van der Waals surface area (Å²) >= 11 is 5.24. The summed E-state index contributed by atoms with van der Waals surface area (Å²) in [6, 6.07) is 11.2. The van der Waals surface area contributed by atoms with E-state index >= 15 is 0 Å². The standard InChI is InChI=1S/C18H18F2N2OS/c1-18(2)10-14(11-6-3-4-9-15(11)23-18)21-17(24)22-16-12(19)7-5-8-13(16)20/h3-9,14H,10H2,1-2H3,(H2,21,22,24)/t14-/m1/s1. The molecule has 2 aromatic rings. The second-order valence-corrected chi connectivity index (χ2v) is 6.76. The van der Waals surface area contributed by atoms with E-state index in [-0.39, 0.29) is 22.4 Å². The monoisotopic (exact) mass is 348 g/mol. The van der Waals surface area contributed by atoms with Gasteiger partial charge in [0, 0.05) is 12.0 Å². The van der Waals surface area contributed by atoms with E-state index < -0.39 is 11.6 Å². The maximum absolute atomic E-state index is 13.7. The fourth-order valence-corrected chi connectivity index (χ4v) is 3.10. The van der Waals surface area contributed by atoms with Gasteiger partial charge >= 0.3 is 0 Å². The Labute approximate surface area is 145 Å². The summed E-state index contributed by atoms with van der Waals surface area (Å²) in [7, 11) is 0. The Morgan fingerprint density at radius 1 is 1.12 bits per heavy atom. The van der Waals surface area contributed by atoms with Crippen LogP contribution in [0.4, 0.5) is 14.5 Å². The SMILES string of the molecule is CC1(C)C[C@@H](NC(=S)Nc2c(F)cccc2F)c2ccccc2O1. The molecule has 126 valence electrons. The van der Waals surface area contributed by atoms with E-state index in [1.54, 1.807) is 0 Å². The molecule has 0 aliphatic carbocycles. The molecule has 0 saturated carbocycles. The highest BCUT2D eigenvalue weighted by molar-refractivity contribution is 7.80. The van der Waals surface area contributed by atoms with Crippen LogP contribution in [0.2, 0.25) is 0 Å². The highest BCUT2D eigenvalue weighted by Gasteiger charge is 2.33. The number of hydrogen-bond donors (Lipinski definition) is 2. The summed E-state index contributed by atoms with van der Waals surface area (Å²) in [4.78, 5) is 0. The van der Waals surface area contributed by atoms with Crippen LogP contribution in [-0.4, -0.2) is 10.7 Å². The van der Waals surface area contributed by atoms with Crippen molar-refractivity contribution in [2.24, 2.45) is 0 Å². The predicted octanol–water partition coefficient (Wildman–Crippen LogP) is 4.55. The summed E-state index contributed by atoms with van der Waals surface area (Å²) in [5.41, 5.74) is 0.342. The molecule has 0 aromatic heterocycles. The van der Waals surface area contributed by atoms with E-state index in [2.05, 4.69) is 10.6 Å². The number of hydrogen-bond acceptors (Lipinski definition) is 2. The quantitative estimate of drug-likeness (QED) is 0.780. The Morgan fingerprint density at radius 2 is 1.79 bits per heavy atom. The second-order valence-electron chi connectivity index (χ2n) is 6.35. The van der Waals surface area contributed by atoms with Crippen LogP contribution in [0.1, 0.15) is 31.9 Å². The van der Waals surface area contributed by atoms with E-state index in [0.29, 0.717) is 6.42 Å². The fraction of sp³-hybridized carbons (Fsp3) is 0.278. The first-order chi connectivity index (χ1) is 11.4. The minimum absolute atomic E-state index is 0.111. The number of ether oxygens (including phenoxy) is 1. The van der Waals surface area contributed by atoms with Crippen molar-refractivity contribution < 1.29 is 13.5 Å². The van der Waals surface area contributed by atoms with E-state index in [4.69, 9.17) is 17.0 Å². The zero-order valence-corrected chi connectivity index (χ0v) is 14.2. The number of halogens is 2. The lowest BCUT2D eigenvalue weighted by atomic mass is 9.90. The first kappa shape index (κ1) is 16.6. The topological polar surface area (TPSA) is 33.3 Å². The van der Waals surface area contributed by atoms with Gasteiger partial charge in [0.15, 0.2) is 5.11 Å². The molecule has 0 amide bonds. The van der Waals surface area contributed by atoms with Gasteiger partial charge < -0.3 is 15.4 Å². The lowest BCUT2D eigenvalue weighted by molar-refractivity contribution is 0.0697. The normalized spacial score (nSPS) is 18.2. The molecule has 1 aliphatic rings. The zero-order chi connectivity index (χ0) is 17.3. The molecule has 0 bridgehead atoms. The Morgan fingerprint density at radius 3 is 2.50 bits per heavy atom. The minimum atomic E-state index is -0.688. The van der Waals surface area contributed by atoms with Crippen molar-refractivity contribution >= 4 is 23.0 Å². The Bertz CT molecular complexity index is 759. The molecule has 0 radical (unpaired) electrons. The number of anilines is 1. The first-order valence-corrected chi connectivity index (χ1v) is 8.06.